The van der Waals surface area contributed by atoms with E-state index in [0.717, 1.165) is 15.6 Å². The topological polar surface area (TPSA) is 118 Å². The molecule has 0 spiro atoms. The fourth-order valence-electron chi connectivity index (χ4n) is 3.47. The predicted octanol–water partition coefficient (Wildman–Crippen LogP) is 5.41. The molecule has 2 aromatic carbocycles. The Balaban J connectivity index is 1.65. The Morgan fingerprint density at radius 3 is 2.65 bits per heavy atom. The number of carbonyl (C=O) groups excluding carboxylic acids is 1. The van der Waals surface area contributed by atoms with E-state index in [0.29, 0.717) is 42.4 Å². The number of nitrogens with one attached hydrogen (secondary N) is 2. The van der Waals surface area contributed by atoms with Gasteiger partial charge in [0.05, 0.1) is 22.9 Å². The van der Waals surface area contributed by atoms with Gasteiger partial charge in [0, 0.05) is 32.1 Å². The summed E-state index contributed by atoms with van der Waals surface area (Å²) in [6.45, 7) is 5.72. The first-order valence-corrected chi connectivity index (χ1v) is 12.5. The second-order valence-electron chi connectivity index (χ2n) is 8.23. The number of nitrogens with zero attached hydrogens (tertiary/aromatic N) is 4. The van der Waals surface area contributed by atoms with Crippen LogP contribution in [-0.4, -0.2) is 47.8 Å². The Morgan fingerprint density at radius 2 is 1.92 bits per heavy atom. The average Bonchev–Trinajstić information content (AvgIpc) is 3.33. The van der Waals surface area contributed by atoms with Crippen molar-refractivity contribution in [1.82, 2.24) is 15.0 Å². The Kier molecular flexibility index (Phi) is 8.26. The van der Waals surface area contributed by atoms with Gasteiger partial charge < -0.3 is 26.0 Å². The third kappa shape index (κ3) is 6.57. The van der Waals surface area contributed by atoms with E-state index < -0.39 is 11.8 Å². The third-order valence-electron chi connectivity index (χ3n) is 5.42. The number of rotatable bonds is 9. The molecule has 192 valence electrons. The summed E-state index contributed by atoms with van der Waals surface area (Å²) in [5.74, 6) is -0.439. The second kappa shape index (κ2) is 11.8. The van der Waals surface area contributed by atoms with Gasteiger partial charge in [0.15, 0.2) is 5.13 Å². The molecule has 9 nitrogen and oxygen atoms in total. The first-order chi connectivity index (χ1) is 17.8. The summed E-state index contributed by atoms with van der Waals surface area (Å²) in [6, 6.07) is 13.0. The first kappa shape index (κ1) is 26.0. The maximum atomic E-state index is 14.7. The molecule has 4 aromatic rings. The van der Waals surface area contributed by atoms with Crippen LogP contribution in [0.3, 0.4) is 0 Å². The van der Waals surface area contributed by atoms with Gasteiger partial charge in [-0.15, -0.1) is 0 Å². The molecule has 0 bridgehead atoms. The van der Waals surface area contributed by atoms with Crippen LogP contribution in [0.15, 0.2) is 54.7 Å². The molecule has 2 heterocycles. The van der Waals surface area contributed by atoms with Crippen LogP contribution in [0.5, 0.6) is 0 Å². The third-order valence-corrected chi connectivity index (χ3v) is 6.64. The molecule has 2 aromatic heterocycles. The molecule has 0 aliphatic carbocycles. The van der Waals surface area contributed by atoms with Crippen molar-refractivity contribution >= 4 is 39.8 Å². The van der Waals surface area contributed by atoms with Crippen molar-refractivity contribution in [2.45, 2.75) is 13.8 Å². The molecular weight excluding hydrogens is 493 g/mol. The molecule has 37 heavy (non-hydrogen) atoms. The summed E-state index contributed by atoms with van der Waals surface area (Å²) in [7, 11) is 1.92. The minimum Gasteiger partial charge on any atom is -0.380 e. The number of hydrogen-bond acceptors (Lipinski definition) is 8. The van der Waals surface area contributed by atoms with E-state index in [-0.39, 0.29) is 11.6 Å². The number of benzene rings is 2. The van der Waals surface area contributed by atoms with Gasteiger partial charge in [-0.05, 0) is 49.7 Å². The number of hydrogen-bond donors (Lipinski definition) is 3. The van der Waals surface area contributed by atoms with Crippen molar-refractivity contribution in [3.8, 4) is 21.8 Å². The Bertz CT molecular complexity index is 1380. The van der Waals surface area contributed by atoms with Gasteiger partial charge in [-0.25, -0.2) is 24.1 Å². The lowest BCUT2D eigenvalue weighted by Gasteiger charge is -2.15. The summed E-state index contributed by atoms with van der Waals surface area (Å²) >= 11 is 1.42. The van der Waals surface area contributed by atoms with Gasteiger partial charge in [-0.3, -0.25) is 0 Å². The zero-order valence-electron chi connectivity index (χ0n) is 20.8. The molecule has 0 saturated carbocycles. The lowest BCUT2D eigenvalue weighted by atomic mass is 10.1. The summed E-state index contributed by atoms with van der Waals surface area (Å²) in [5.41, 5.74) is 9.32. The molecule has 0 aliphatic rings. The fourth-order valence-corrected chi connectivity index (χ4v) is 4.53. The average molecular weight is 522 g/mol. The number of carbonyl (C=O) groups is 1. The lowest BCUT2D eigenvalue weighted by Crippen LogP contribution is -2.22. The Hall–Kier alpha value is -4.09. The van der Waals surface area contributed by atoms with E-state index in [2.05, 4.69) is 20.6 Å². The molecule has 4 N–H and O–H groups in total. The number of halogens is 1. The van der Waals surface area contributed by atoms with E-state index in [1.54, 1.807) is 36.5 Å². The van der Waals surface area contributed by atoms with Crippen molar-refractivity contribution < 1.29 is 13.9 Å². The number of nitrogens with two attached hydrogens (primary N) is 1. The van der Waals surface area contributed by atoms with Crippen LogP contribution in [0.25, 0.3) is 21.8 Å². The highest BCUT2D eigenvalue weighted by Gasteiger charge is 2.20. The van der Waals surface area contributed by atoms with Gasteiger partial charge >= 0.3 is 6.03 Å². The fraction of sp³-hybridized carbons (Fsp3) is 0.231. The Morgan fingerprint density at radius 1 is 1.14 bits per heavy atom. The smallest absolute Gasteiger partial charge is 0.323 e. The highest BCUT2D eigenvalue weighted by molar-refractivity contribution is 7.19. The van der Waals surface area contributed by atoms with E-state index in [1.807, 2.05) is 37.9 Å². The number of aryl methyl sites for hydroxylation is 1. The molecule has 0 atom stereocenters. The zero-order chi connectivity index (χ0) is 26.4. The van der Waals surface area contributed by atoms with E-state index >= 15 is 0 Å². The summed E-state index contributed by atoms with van der Waals surface area (Å²) in [5, 5.41) is 6.05. The highest BCUT2D eigenvalue weighted by Crippen LogP contribution is 2.40. The van der Waals surface area contributed by atoms with Gasteiger partial charge in [0.1, 0.15) is 11.5 Å². The number of anilines is 4. The van der Waals surface area contributed by atoms with E-state index in [1.165, 1.54) is 17.4 Å². The number of amides is 2. The number of ether oxygens (including phenoxy) is 1. The van der Waals surface area contributed by atoms with Crippen molar-refractivity contribution in [2.24, 2.45) is 0 Å². The molecule has 0 unspecified atom stereocenters. The quantitative estimate of drug-likeness (QED) is 0.252. The van der Waals surface area contributed by atoms with E-state index in [4.69, 9.17) is 15.5 Å². The van der Waals surface area contributed by atoms with Crippen LogP contribution >= 0.6 is 11.3 Å². The summed E-state index contributed by atoms with van der Waals surface area (Å²) in [6.07, 6.45) is 1.56. The normalized spacial score (nSPS) is 10.8. The molecule has 0 saturated heterocycles. The Labute approximate surface area is 218 Å². The van der Waals surface area contributed by atoms with E-state index in [9.17, 15) is 9.18 Å². The minimum absolute atomic E-state index is 0.0370. The van der Waals surface area contributed by atoms with Crippen molar-refractivity contribution in [1.29, 1.82) is 0 Å². The number of likely N-dealkylation sites (N-methyl/N-ethyl adjacent to an activating group) is 1. The van der Waals surface area contributed by atoms with Gasteiger partial charge in [-0.1, -0.05) is 35.1 Å². The van der Waals surface area contributed by atoms with Crippen LogP contribution in [0.4, 0.5) is 31.6 Å². The second-order valence-corrected chi connectivity index (χ2v) is 9.21. The van der Waals surface area contributed by atoms with Gasteiger partial charge in [0.25, 0.3) is 0 Å². The number of aromatic nitrogens is 3. The predicted molar refractivity (Wildman–Crippen MR) is 147 cm³/mol. The molecule has 0 aliphatic heterocycles. The monoisotopic (exact) mass is 521 g/mol. The largest absolute Gasteiger partial charge is 0.380 e. The van der Waals surface area contributed by atoms with Crippen LogP contribution in [-0.2, 0) is 4.74 Å². The van der Waals surface area contributed by atoms with Gasteiger partial charge in [-0.2, -0.15) is 0 Å². The molecule has 4 rings (SSSR count). The molecule has 2 amide bonds. The van der Waals surface area contributed by atoms with Crippen molar-refractivity contribution in [3.63, 3.8) is 0 Å². The zero-order valence-corrected chi connectivity index (χ0v) is 21.6. The first-order valence-electron chi connectivity index (χ1n) is 11.7. The maximum absolute atomic E-state index is 14.7. The molecule has 11 heteroatoms. The SMILES string of the molecule is CCOCCN(C)c1nc(-c2ccnc(N)n2)c(-c2ccc(F)c(NC(=O)Nc3ccc(C)cc3)c2)s1. The van der Waals surface area contributed by atoms with Crippen LogP contribution in [0.2, 0.25) is 0 Å². The maximum Gasteiger partial charge on any atom is 0.323 e. The number of urea groups is 1. The number of nitrogen functional groups attached to an aromatic ring is 1. The summed E-state index contributed by atoms with van der Waals surface area (Å²) < 4.78 is 20.2. The minimum atomic E-state index is -0.561. The standard InChI is InChI=1S/C26H28FN7O2S/c1-4-36-14-13-34(3)26-33-22(20-11-12-29-24(28)31-20)23(37-26)17-7-10-19(27)21(15-17)32-25(35)30-18-8-5-16(2)6-9-18/h5-12,15H,4,13-14H2,1-3H3,(H2,28,29,31)(H2,30,32,35). The molecular formula is C26H28FN7O2S. The van der Waals surface area contributed by atoms with Crippen molar-refractivity contribution in [3.05, 3.63) is 66.1 Å². The van der Waals surface area contributed by atoms with Crippen LogP contribution in [0.1, 0.15) is 12.5 Å². The summed E-state index contributed by atoms with van der Waals surface area (Å²) in [4.78, 5) is 28.4. The molecule has 0 radical (unpaired) electrons. The number of thiazole rings is 1. The van der Waals surface area contributed by atoms with Gasteiger partial charge in [0.2, 0.25) is 5.95 Å². The highest BCUT2D eigenvalue weighted by atomic mass is 32.1. The van der Waals surface area contributed by atoms with Crippen LogP contribution in [0, 0.1) is 12.7 Å². The van der Waals surface area contributed by atoms with Crippen LogP contribution < -0.4 is 21.3 Å². The van der Waals surface area contributed by atoms with Crippen molar-refractivity contribution in [2.75, 3.05) is 48.1 Å². The molecule has 0 fully saturated rings. The lowest BCUT2D eigenvalue weighted by molar-refractivity contribution is 0.154.